The van der Waals surface area contributed by atoms with Crippen LogP contribution in [-0.2, 0) is 9.59 Å². The Morgan fingerprint density at radius 2 is 1.94 bits per heavy atom. The largest absolute Gasteiger partial charge is 0.476 e. The van der Waals surface area contributed by atoms with Crippen LogP contribution >= 0.6 is 0 Å². The van der Waals surface area contributed by atoms with Crippen LogP contribution in [0.3, 0.4) is 0 Å². The van der Waals surface area contributed by atoms with Gasteiger partial charge in [0, 0.05) is 6.92 Å². The van der Waals surface area contributed by atoms with E-state index in [4.69, 9.17) is 5.11 Å². The summed E-state index contributed by atoms with van der Waals surface area (Å²) in [5.41, 5.74) is 0.334. The lowest BCUT2D eigenvalue weighted by Gasteiger charge is -2.08. The molecule has 0 aliphatic rings. The number of benzene rings is 1. The Labute approximate surface area is 99.3 Å². The van der Waals surface area contributed by atoms with Crippen molar-refractivity contribution >= 4 is 17.5 Å². The van der Waals surface area contributed by atoms with E-state index in [9.17, 15) is 9.59 Å². The molecule has 1 atom stereocenters. The molecule has 0 spiro atoms. The van der Waals surface area contributed by atoms with Crippen LogP contribution in [0.5, 0.6) is 0 Å². The summed E-state index contributed by atoms with van der Waals surface area (Å²) in [6.07, 6.45) is 1.50. The predicted octanol–water partition coefficient (Wildman–Crippen LogP) is 2.03. The van der Waals surface area contributed by atoms with Gasteiger partial charge in [-0.3, -0.25) is 9.79 Å². The number of hydrogen-bond donors (Lipinski definition) is 1. The van der Waals surface area contributed by atoms with E-state index in [1.165, 1.54) is 13.0 Å². The molecule has 1 aromatic carbocycles. The molecule has 0 amide bonds. The third-order valence-corrected chi connectivity index (χ3v) is 2.17. The molecule has 1 aromatic rings. The molecule has 17 heavy (non-hydrogen) atoms. The Hall–Kier alpha value is -2.23. The Morgan fingerprint density at radius 3 is 2.35 bits per heavy atom. The topological polar surface area (TPSA) is 66.7 Å². The summed E-state index contributed by atoms with van der Waals surface area (Å²) < 4.78 is 0. The molecule has 0 bridgehead atoms. The van der Waals surface area contributed by atoms with Gasteiger partial charge in [-0.2, -0.15) is 0 Å². The van der Waals surface area contributed by atoms with Crippen LogP contribution in [0, 0.1) is 0 Å². The smallest absolute Gasteiger partial charge is 0.357 e. The van der Waals surface area contributed by atoms with Gasteiger partial charge in [0.05, 0.1) is 6.04 Å². The molecule has 0 saturated carbocycles. The lowest BCUT2D eigenvalue weighted by atomic mass is 10.1. The SMILES string of the molecule is C=CC(N=C(C(C)=O)C(=O)O)c1ccccc1. The van der Waals surface area contributed by atoms with Crippen LogP contribution < -0.4 is 0 Å². The van der Waals surface area contributed by atoms with Gasteiger partial charge in [0.25, 0.3) is 0 Å². The fourth-order valence-electron chi connectivity index (χ4n) is 1.35. The Morgan fingerprint density at radius 1 is 1.35 bits per heavy atom. The van der Waals surface area contributed by atoms with Crippen molar-refractivity contribution in [1.82, 2.24) is 0 Å². The number of carboxylic acids is 1. The second-order valence-corrected chi connectivity index (χ2v) is 3.43. The summed E-state index contributed by atoms with van der Waals surface area (Å²) in [6, 6.07) is 8.55. The van der Waals surface area contributed by atoms with Crippen molar-refractivity contribution in [3.8, 4) is 0 Å². The van der Waals surface area contributed by atoms with Crippen LogP contribution in [-0.4, -0.2) is 22.6 Å². The first kappa shape index (κ1) is 12.8. The first-order valence-electron chi connectivity index (χ1n) is 5.05. The maximum Gasteiger partial charge on any atom is 0.357 e. The number of carbonyl (C=O) groups is 2. The number of carboxylic acid groups (broad SMARTS) is 1. The average Bonchev–Trinajstić information content (AvgIpc) is 2.30. The minimum Gasteiger partial charge on any atom is -0.476 e. The van der Waals surface area contributed by atoms with Crippen LogP contribution in [0.15, 0.2) is 48.0 Å². The summed E-state index contributed by atoms with van der Waals surface area (Å²) in [5, 5.41) is 8.85. The standard InChI is InChI=1S/C13H13NO3/c1-3-11(10-7-5-4-6-8-10)14-12(9(2)15)13(16)17/h3-8,11H,1H2,2H3,(H,16,17). The summed E-state index contributed by atoms with van der Waals surface area (Å²) >= 11 is 0. The lowest BCUT2D eigenvalue weighted by molar-refractivity contribution is -0.130. The molecule has 0 aromatic heterocycles. The Balaban J connectivity index is 3.12. The lowest BCUT2D eigenvalue weighted by Crippen LogP contribution is -2.22. The predicted molar refractivity (Wildman–Crippen MR) is 65.1 cm³/mol. The van der Waals surface area contributed by atoms with Crippen LogP contribution in [0.1, 0.15) is 18.5 Å². The van der Waals surface area contributed by atoms with Crippen LogP contribution in [0.2, 0.25) is 0 Å². The highest BCUT2D eigenvalue weighted by atomic mass is 16.4. The van der Waals surface area contributed by atoms with Gasteiger partial charge in [0.1, 0.15) is 0 Å². The van der Waals surface area contributed by atoms with E-state index in [2.05, 4.69) is 11.6 Å². The van der Waals surface area contributed by atoms with Crippen molar-refractivity contribution in [2.75, 3.05) is 0 Å². The van der Waals surface area contributed by atoms with Crippen molar-refractivity contribution in [2.45, 2.75) is 13.0 Å². The molecular weight excluding hydrogens is 218 g/mol. The van der Waals surface area contributed by atoms with E-state index in [1.807, 2.05) is 18.2 Å². The van der Waals surface area contributed by atoms with E-state index in [0.717, 1.165) is 5.56 Å². The second kappa shape index (κ2) is 5.75. The molecule has 0 fully saturated rings. The number of aliphatic carboxylic acids is 1. The highest BCUT2D eigenvalue weighted by Crippen LogP contribution is 2.18. The number of aliphatic imine (C=N–C) groups is 1. The summed E-state index contributed by atoms with van der Waals surface area (Å²) in [4.78, 5) is 25.9. The van der Waals surface area contributed by atoms with E-state index < -0.39 is 23.5 Å². The molecule has 0 heterocycles. The fourth-order valence-corrected chi connectivity index (χ4v) is 1.35. The zero-order chi connectivity index (χ0) is 12.8. The normalized spacial score (nSPS) is 12.9. The summed E-state index contributed by atoms with van der Waals surface area (Å²) in [6.45, 7) is 4.78. The zero-order valence-corrected chi connectivity index (χ0v) is 9.46. The second-order valence-electron chi connectivity index (χ2n) is 3.43. The van der Waals surface area contributed by atoms with Crippen molar-refractivity contribution in [3.05, 3.63) is 48.6 Å². The van der Waals surface area contributed by atoms with E-state index in [1.54, 1.807) is 12.1 Å². The third-order valence-electron chi connectivity index (χ3n) is 2.17. The highest BCUT2D eigenvalue weighted by Gasteiger charge is 2.17. The molecule has 0 aliphatic heterocycles. The minimum atomic E-state index is -1.32. The van der Waals surface area contributed by atoms with Gasteiger partial charge in [-0.05, 0) is 5.56 Å². The first-order chi connectivity index (χ1) is 8.06. The summed E-state index contributed by atoms with van der Waals surface area (Å²) in [7, 11) is 0. The highest BCUT2D eigenvalue weighted by molar-refractivity contribution is 6.63. The van der Waals surface area contributed by atoms with E-state index in [0.29, 0.717) is 0 Å². The van der Waals surface area contributed by atoms with Crippen molar-refractivity contribution < 1.29 is 14.7 Å². The molecule has 4 nitrogen and oxygen atoms in total. The molecule has 1 unspecified atom stereocenters. The zero-order valence-electron chi connectivity index (χ0n) is 9.46. The van der Waals surface area contributed by atoms with Crippen LogP contribution in [0.25, 0.3) is 0 Å². The average molecular weight is 231 g/mol. The van der Waals surface area contributed by atoms with Gasteiger partial charge >= 0.3 is 5.97 Å². The quantitative estimate of drug-likeness (QED) is 0.479. The number of carbonyl (C=O) groups excluding carboxylic acids is 1. The minimum absolute atomic E-state index is 0.459. The molecule has 88 valence electrons. The van der Waals surface area contributed by atoms with E-state index in [-0.39, 0.29) is 0 Å². The third kappa shape index (κ3) is 3.38. The number of Topliss-reactive ketones (excluding diaryl/α,β-unsaturated/α-hetero) is 1. The van der Waals surface area contributed by atoms with E-state index >= 15 is 0 Å². The van der Waals surface area contributed by atoms with Crippen molar-refractivity contribution in [2.24, 2.45) is 4.99 Å². The molecule has 0 radical (unpaired) electrons. The van der Waals surface area contributed by atoms with Crippen molar-refractivity contribution in [1.29, 1.82) is 0 Å². The monoisotopic (exact) mass is 231 g/mol. The van der Waals surface area contributed by atoms with Gasteiger partial charge in [-0.15, -0.1) is 6.58 Å². The molecular formula is C13H13NO3. The number of nitrogens with zero attached hydrogens (tertiary/aromatic N) is 1. The van der Waals surface area contributed by atoms with Gasteiger partial charge in [0.15, 0.2) is 11.5 Å². The fraction of sp³-hybridized carbons (Fsp3) is 0.154. The van der Waals surface area contributed by atoms with Crippen LogP contribution in [0.4, 0.5) is 0 Å². The van der Waals surface area contributed by atoms with Gasteiger partial charge in [-0.1, -0.05) is 36.4 Å². The number of rotatable bonds is 5. The first-order valence-corrected chi connectivity index (χ1v) is 5.05. The molecule has 4 heteroatoms. The maximum atomic E-state index is 11.1. The molecule has 1 N–H and O–H groups in total. The van der Waals surface area contributed by atoms with Gasteiger partial charge < -0.3 is 5.11 Å². The van der Waals surface area contributed by atoms with Gasteiger partial charge in [0.2, 0.25) is 0 Å². The Bertz CT molecular complexity index is 447. The van der Waals surface area contributed by atoms with Gasteiger partial charge in [-0.25, -0.2) is 4.79 Å². The number of ketones is 1. The van der Waals surface area contributed by atoms with Crippen molar-refractivity contribution in [3.63, 3.8) is 0 Å². The molecule has 0 saturated heterocycles. The molecule has 0 aliphatic carbocycles. The summed E-state index contributed by atoms with van der Waals surface area (Å²) in [5.74, 6) is -1.89. The Kier molecular flexibility index (Phi) is 4.34. The molecule has 1 rings (SSSR count). The maximum absolute atomic E-state index is 11.1. The number of hydrogen-bond acceptors (Lipinski definition) is 3.